The van der Waals surface area contributed by atoms with Crippen molar-refractivity contribution in [3.05, 3.63) is 80.3 Å². The van der Waals surface area contributed by atoms with Crippen LogP contribution in [0.1, 0.15) is 70.2 Å². The minimum absolute atomic E-state index is 0.00446. The zero-order valence-corrected chi connectivity index (χ0v) is 29.3. The van der Waals surface area contributed by atoms with Gasteiger partial charge in [0.25, 0.3) is 11.8 Å². The number of aromatic nitrogens is 1. The molecular formula is C35H37ClF6N4O4S. The number of likely N-dealkylation sites (tertiary alicyclic amines) is 2. The van der Waals surface area contributed by atoms with Gasteiger partial charge in [-0.3, -0.25) is 14.6 Å². The lowest BCUT2D eigenvalue weighted by atomic mass is 9.79. The van der Waals surface area contributed by atoms with E-state index in [2.05, 4.69) is 9.88 Å². The van der Waals surface area contributed by atoms with Crippen molar-refractivity contribution in [1.29, 1.82) is 0 Å². The number of piperidine rings is 1. The molecule has 3 aromatic rings. The molecule has 2 saturated heterocycles. The summed E-state index contributed by atoms with van der Waals surface area (Å²) in [7, 11) is 1.48. The number of ether oxygens (including phenoxy) is 2. The zero-order valence-electron chi connectivity index (χ0n) is 27.7. The summed E-state index contributed by atoms with van der Waals surface area (Å²) in [6.45, 7) is 2.10. The molecule has 2 fully saturated rings. The summed E-state index contributed by atoms with van der Waals surface area (Å²) in [6, 6.07) is 6.16. The first-order valence-electron chi connectivity index (χ1n) is 16.7. The quantitative estimate of drug-likeness (QED) is 0.211. The highest BCUT2D eigenvalue weighted by Gasteiger charge is 2.57. The van der Waals surface area contributed by atoms with Crippen molar-refractivity contribution in [3.8, 4) is 5.75 Å². The van der Waals surface area contributed by atoms with Crippen molar-refractivity contribution in [3.63, 3.8) is 0 Å². The number of benzene rings is 1. The number of carbonyl (C=O) groups excluding carboxylic acids is 2. The summed E-state index contributed by atoms with van der Waals surface area (Å²) in [5, 5.41) is 1.68. The molecule has 1 unspecified atom stereocenters. The lowest BCUT2D eigenvalue weighted by molar-refractivity contribution is -0.163. The fourth-order valence-corrected chi connectivity index (χ4v) is 8.49. The summed E-state index contributed by atoms with van der Waals surface area (Å²) in [5.41, 5.74) is -2.35. The van der Waals surface area contributed by atoms with Crippen LogP contribution in [0.15, 0.2) is 48.0 Å². The van der Waals surface area contributed by atoms with E-state index in [0.29, 0.717) is 29.3 Å². The van der Waals surface area contributed by atoms with Gasteiger partial charge in [0.1, 0.15) is 16.3 Å². The van der Waals surface area contributed by atoms with Gasteiger partial charge in [-0.2, -0.15) is 26.3 Å². The Hall–Kier alpha value is -3.40. The Kier molecular flexibility index (Phi) is 10.9. The van der Waals surface area contributed by atoms with E-state index >= 15 is 4.79 Å². The molecule has 0 spiro atoms. The lowest BCUT2D eigenvalue weighted by Gasteiger charge is -2.51. The number of alkyl halides is 6. The number of rotatable bonds is 9. The van der Waals surface area contributed by atoms with Crippen LogP contribution in [0.25, 0.3) is 0 Å². The van der Waals surface area contributed by atoms with Gasteiger partial charge < -0.3 is 24.2 Å². The third-order valence-corrected chi connectivity index (χ3v) is 11.1. The predicted molar refractivity (Wildman–Crippen MR) is 178 cm³/mol. The van der Waals surface area contributed by atoms with Crippen LogP contribution in [0, 0.1) is 0 Å². The number of pyridine rings is 1. The van der Waals surface area contributed by atoms with E-state index in [9.17, 15) is 31.1 Å². The highest BCUT2D eigenvalue weighted by molar-refractivity contribution is 7.10. The number of hydrogen-bond donors (Lipinski definition) is 0. The first kappa shape index (κ1) is 37.4. The van der Waals surface area contributed by atoms with Gasteiger partial charge in [0.05, 0.1) is 24.3 Å². The molecule has 3 aliphatic heterocycles. The molecule has 2 amide bonds. The van der Waals surface area contributed by atoms with E-state index in [4.69, 9.17) is 21.1 Å². The second-order valence-electron chi connectivity index (χ2n) is 13.1. The van der Waals surface area contributed by atoms with Crippen molar-refractivity contribution in [1.82, 2.24) is 19.7 Å². The highest BCUT2D eigenvalue weighted by atomic mass is 35.5. The Bertz CT molecular complexity index is 1730. The van der Waals surface area contributed by atoms with Gasteiger partial charge in [-0.25, -0.2) is 0 Å². The Morgan fingerprint density at radius 3 is 2.45 bits per heavy atom. The van der Waals surface area contributed by atoms with Crippen molar-refractivity contribution in [2.45, 2.75) is 68.6 Å². The monoisotopic (exact) mass is 758 g/mol. The molecule has 0 radical (unpaired) electrons. The molecule has 0 bridgehead atoms. The molecule has 3 aliphatic rings. The van der Waals surface area contributed by atoms with Crippen LogP contribution >= 0.6 is 22.9 Å². The van der Waals surface area contributed by atoms with Gasteiger partial charge in [-0.05, 0) is 80.6 Å². The number of fused-ring (bicyclic) bond motifs is 1. The molecule has 276 valence electrons. The lowest BCUT2D eigenvalue weighted by Crippen LogP contribution is -2.69. The smallest absolute Gasteiger partial charge is 0.425 e. The van der Waals surface area contributed by atoms with Gasteiger partial charge in [-0.1, -0.05) is 17.7 Å². The van der Waals surface area contributed by atoms with E-state index in [-0.39, 0.29) is 44.7 Å². The Balaban J connectivity index is 1.48. The van der Waals surface area contributed by atoms with Crippen LogP contribution < -0.4 is 4.74 Å². The fourth-order valence-electron chi connectivity index (χ4n) is 7.62. The minimum atomic E-state index is -4.90. The van der Waals surface area contributed by atoms with Crippen LogP contribution in [-0.2, 0) is 28.3 Å². The average Bonchev–Trinajstić information content (AvgIpc) is 3.79. The Morgan fingerprint density at radius 1 is 1.00 bits per heavy atom. The van der Waals surface area contributed by atoms with Gasteiger partial charge in [-0.15, -0.1) is 11.3 Å². The molecule has 0 N–H and O–H groups in total. The van der Waals surface area contributed by atoms with Gasteiger partial charge in [0.15, 0.2) is 0 Å². The molecule has 16 heteroatoms. The van der Waals surface area contributed by atoms with Crippen molar-refractivity contribution >= 4 is 34.8 Å². The number of amides is 2. The summed E-state index contributed by atoms with van der Waals surface area (Å²) in [6.07, 6.45) is -5.99. The maximum atomic E-state index is 15.3. The van der Waals surface area contributed by atoms with E-state index < -0.39 is 58.0 Å². The van der Waals surface area contributed by atoms with Crippen molar-refractivity contribution < 1.29 is 45.4 Å². The molecule has 0 saturated carbocycles. The molecule has 5 heterocycles. The average molecular weight is 759 g/mol. The van der Waals surface area contributed by atoms with Crippen LogP contribution in [0.5, 0.6) is 5.75 Å². The number of hydrogen-bond acceptors (Lipinski definition) is 7. The third kappa shape index (κ3) is 7.72. The first-order valence-corrected chi connectivity index (χ1v) is 18.0. The van der Waals surface area contributed by atoms with Crippen LogP contribution in [0.2, 0.25) is 5.02 Å². The maximum Gasteiger partial charge on any atom is 0.425 e. The van der Waals surface area contributed by atoms with Crippen LogP contribution in [0.4, 0.5) is 26.3 Å². The van der Waals surface area contributed by atoms with Gasteiger partial charge in [0.2, 0.25) is 5.60 Å². The van der Waals surface area contributed by atoms with Crippen LogP contribution in [-0.4, -0.2) is 89.6 Å². The van der Waals surface area contributed by atoms with Gasteiger partial charge in [0, 0.05) is 55.8 Å². The molecule has 8 nitrogen and oxygen atoms in total. The fraction of sp³-hybridized carbons (Fsp3) is 0.514. The highest BCUT2D eigenvalue weighted by Crippen LogP contribution is 2.44. The number of carbonyl (C=O) groups is 2. The molecular weight excluding hydrogens is 722 g/mol. The van der Waals surface area contributed by atoms with Gasteiger partial charge >= 0.3 is 12.4 Å². The Labute approximate surface area is 300 Å². The van der Waals surface area contributed by atoms with Crippen molar-refractivity contribution in [2.75, 3.05) is 46.4 Å². The van der Waals surface area contributed by atoms with Crippen molar-refractivity contribution in [2.24, 2.45) is 0 Å². The minimum Gasteiger partial charge on any atom is -0.474 e. The topological polar surface area (TPSA) is 75.2 Å². The molecule has 6 rings (SSSR count). The second-order valence-corrected chi connectivity index (χ2v) is 14.4. The number of methoxy groups -OCH3 is 1. The number of thiophene rings is 1. The molecule has 2 aromatic heterocycles. The normalized spacial score (nSPS) is 23.0. The van der Waals surface area contributed by atoms with Crippen LogP contribution in [0.3, 0.4) is 0 Å². The molecule has 0 aliphatic carbocycles. The van der Waals surface area contributed by atoms with E-state index in [0.717, 1.165) is 66.8 Å². The first-order chi connectivity index (χ1) is 24.2. The molecule has 3 atom stereocenters. The Morgan fingerprint density at radius 2 is 1.76 bits per heavy atom. The molecule has 1 aromatic carbocycles. The summed E-state index contributed by atoms with van der Waals surface area (Å²) >= 11 is 6.69. The number of halogens is 7. The SMILES string of the molecule is COCC1c2ccc(Cl)cc2CCN1C(=O)[C@]1(Oc2csc(C(F)(F)F)c2)CCCN(C(=O)c2ncccc2C(F)(F)F)[C@@H]1CCN1CCCC1. The van der Waals surface area contributed by atoms with E-state index in [1.165, 1.54) is 12.0 Å². The third-order valence-electron chi connectivity index (χ3n) is 9.92. The molecule has 51 heavy (non-hydrogen) atoms. The predicted octanol–water partition coefficient (Wildman–Crippen LogP) is 7.51. The summed E-state index contributed by atoms with van der Waals surface area (Å²) < 4.78 is 96.0. The van der Waals surface area contributed by atoms with E-state index in [1.54, 1.807) is 17.0 Å². The summed E-state index contributed by atoms with van der Waals surface area (Å²) in [4.78, 5) is 37.5. The second kappa shape index (κ2) is 14.9. The summed E-state index contributed by atoms with van der Waals surface area (Å²) in [5.74, 6) is -1.85. The largest absolute Gasteiger partial charge is 0.474 e. The maximum absolute atomic E-state index is 15.3. The van der Waals surface area contributed by atoms with E-state index in [1.807, 2.05) is 6.07 Å². The zero-order chi connectivity index (χ0) is 36.6. The standard InChI is InChI=1S/C35H37ClF6N4O4S/c1-49-20-27-25-8-7-23(36)18-22(25)9-17-45(27)32(48)33(50-24-19-29(51-21-24)35(40,41)42)11-5-15-46(28(33)10-16-44-13-2-3-14-44)31(47)30-26(34(37,38)39)6-4-12-43-30/h4,6-8,12,18-19,21,27-28H,2-3,5,9-11,13-17,20H2,1H3/t27?,28-,33+/m1/s1. The number of nitrogens with zero attached hydrogens (tertiary/aromatic N) is 4.